The third kappa shape index (κ3) is 17.0. The van der Waals surface area contributed by atoms with Crippen LogP contribution in [0.1, 0.15) is 102 Å². The van der Waals surface area contributed by atoms with E-state index in [2.05, 4.69) is 26.8 Å². The Bertz CT molecular complexity index is 1940. The molecule has 0 bridgehead atoms. The molecule has 0 radical (unpaired) electrons. The lowest BCUT2D eigenvalue weighted by Crippen LogP contribution is -2.67. The highest BCUT2D eigenvalue weighted by Gasteiger charge is 2.58. The summed E-state index contributed by atoms with van der Waals surface area (Å²) in [4.78, 5) is 100. The van der Waals surface area contributed by atoms with Crippen molar-refractivity contribution < 1.29 is 90.5 Å². The van der Waals surface area contributed by atoms with Gasteiger partial charge in [-0.15, -0.1) is 0 Å². The highest BCUT2D eigenvalue weighted by atomic mass is 16.8. The van der Waals surface area contributed by atoms with Gasteiger partial charge < -0.3 is 52.1 Å². The van der Waals surface area contributed by atoms with Crippen molar-refractivity contribution in [2.75, 3.05) is 13.2 Å². The van der Waals surface area contributed by atoms with Crippen LogP contribution in [0.3, 0.4) is 0 Å². The minimum absolute atomic E-state index is 0.0837. The van der Waals surface area contributed by atoms with Gasteiger partial charge in [-0.25, -0.2) is 4.79 Å². The number of carbonyl (C=O) groups is 8. The van der Waals surface area contributed by atoms with E-state index in [9.17, 15) is 38.4 Å². The predicted octanol–water partition coefficient (Wildman–Crippen LogP) is 4.68. The molecule has 0 spiro atoms. The van der Waals surface area contributed by atoms with E-state index in [1.807, 2.05) is 19.1 Å². The Morgan fingerprint density at radius 2 is 1.03 bits per heavy atom. The van der Waals surface area contributed by atoms with Gasteiger partial charge >= 0.3 is 47.8 Å². The van der Waals surface area contributed by atoms with Crippen LogP contribution in [0.25, 0.3) is 0 Å². The first-order valence-electron chi connectivity index (χ1n) is 21.1. The van der Waals surface area contributed by atoms with Crippen molar-refractivity contribution in [3.63, 3.8) is 0 Å². The van der Waals surface area contributed by atoms with Crippen LogP contribution in [0.15, 0.2) is 58.7 Å². The maximum Gasteiger partial charge on any atom is 0.333 e. The van der Waals surface area contributed by atoms with Crippen LogP contribution in [0.4, 0.5) is 0 Å². The normalized spacial score (nSPS) is 28.2. The quantitative estimate of drug-likeness (QED) is 0.0833. The van der Waals surface area contributed by atoms with Crippen molar-refractivity contribution in [1.29, 1.82) is 0 Å². The molecule has 360 valence electrons. The van der Waals surface area contributed by atoms with E-state index in [-0.39, 0.29) is 5.41 Å². The van der Waals surface area contributed by atoms with Gasteiger partial charge in [0.25, 0.3) is 0 Å². The minimum Gasteiger partial charge on any atom is -0.463 e. The monoisotopic (exact) mass is 918 g/mol. The summed E-state index contributed by atoms with van der Waals surface area (Å²) in [5.41, 5.74) is 4.20. The summed E-state index contributed by atoms with van der Waals surface area (Å²) >= 11 is 0. The summed E-state index contributed by atoms with van der Waals surface area (Å²) in [6, 6.07) is 0. The van der Waals surface area contributed by atoms with Gasteiger partial charge in [-0.2, -0.15) is 0 Å². The standard InChI is InChI=1S/C46H62O19/c1-24(18-19-34-26(3)17-14-20-46(34,11)12)15-13-16-25(2)21-37(54)64-44-42(60-32(9)52)41(59-31(8)51)39(36(62-44)23-56-28(5)48)65-45-43(61-33(10)53)40(58-30(7)50)38(57-29(6)49)35(63-45)22-55-27(4)47/h13,15-16,18-19,21,35-36,38-45H,14,17,20,22-23H2,1-12H3/b16-13+,19-18+,24-15+,25-21-/t35-,36-,38+,39-,40+,41+,42-,43-,44+,45+/m1/s1. The molecule has 0 aromatic rings. The molecule has 2 saturated heterocycles. The summed E-state index contributed by atoms with van der Waals surface area (Å²) in [7, 11) is 0. The van der Waals surface area contributed by atoms with Crippen molar-refractivity contribution in [2.45, 2.75) is 164 Å². The zero-order valence-electron chi connectivity index (χ0n) is 39.0. The number of hydrogen-bond acceptors (Lipinski definition) is 19. The average molecular weight is 919 g/mol. The molecular weight excluding hydrogens is 856 g/mol. The van der Waals surface area contributed by atoms with E-state index in [1.165, 1.54) is 11.1 Å². The highest BCUT2D eigenvalue weighted by Crippen LogP contribution is 2.41. The second-order valence-electron chi connectivity index (χ2n) is 16.5. The molecule has 65 heavy (non-hydrogen) atoms. The molecule has 19 nitrogen and oxygen atoms in total. The van der Waals surface area contributed by atoms with Crippen LogP contribution in [-0.2, 0) is 90.5 Å². The summed E-state index contributed by atoms with van der Waals surface area (Å²) < 4.78 is 62.2. The van der Waals surface area contributed by atoms with Gasteiger partial charge in [-0.3, -0.25) is 33.6 Å². The fourth-order valence-corrected chi connectivity index (χ4v) is 7.58. The fourth-order valence-electron chi connectivity index (χ4n) is 7.58. The number of carbonyl (C=O) groups excluding carboxylic acids is 8. The van der Waals surface area contributed by atoms with Crippen LogP contribution < -0.4 is 0 Å². The van der Waals surface area contributed by atoms with Crippen molar-refractivity contribution >= 4 is 47.8 Å². The van der Waals surface area contributed by atoms with Gasteiger partial charge in [0.05, 0.1) is 0 Å². The second kappa shape index (κ2) is 24.6. The van der Waals surface area contributed by atoms with E-state index >= 15 is 0 Å². The third-order valence-corrected chi connectivity index (χ3v) is 10.2. The van der Waals surface area contributed by atoms with Gasteiger partial charge in [0, 0.05) is 54.5 Å². The fraction of sp³-hybridized carbons (Fsp3) is 0.609. The molecule has 2 heterocycles. The summed E-state index contributed by atoms with van der Waals surface area (Å²) in [6.45, 7) is 16.3. The van der Waals surface area contributed by atoms with E-state index in [1.54, 1.807) is 19.1 Å². The smallest absolute Gasteiger partial charge is 0.333 e. The van der Waals surface area contributed by atoms with E-state index < -0.39 is 122 Å². The van der Waals surface area contributed by atoms with Crippen molar-refractivity contribution in [1.82, 2.24) is 0 Å². The van der Waals surface area contributed by atoms with Crippen LogP contribution in [0.2, 0.25) is 0 Å². The highest BCUT2D eigenvalue weighted by molar-refractivity contribution is 5.83. The molecule has 3 aliphatic rings. The van der Waals surface area contributed by atoms with Gasteiger partial charge in [0.2, 0.25) is 12.4 Å². The first kappa shape index (κ1) is 53.7. The maximum atomic E-state index is 13.5. The lowest BCUT2D eigenvalue weighted by atomic mass is 9.72. The van der Waals surface area contributed by atoms with Crippen LogP contribution in [-0.4, -0.2) is 122 Å². The number of rotatable bonds is 17. The van der Waals surface area contributed by atoms with Crippen LogP contribution in [0.5, 0.6) is 0 Å². The summed E-state index contributed by atoms with van der Waals surface area (Å²) in [6.07, 6.45) is -2.91. The topological polar surface area (TPSA) is 238 Å². The van der Waals surface area contributed by atoms with Crippen molar-refractivity contribution in [3.05, 3.63) is 58.7 Å². The Labute approximate surface area is 378 Å². The second-order valence-corrected chi connectivity index (χ2v) is 16.5. The number of esters is 8. The average Bonchev–Trinajstić information content (AvgIpc) is 3.16. The molecule has 0 aromatic carbocycles. The molecule has 2 fully saturated rings. The molecular formula is C46H62O19. The summed E-state index contributed by atoms with van der Waals surface area (Å²) in [5.74, 6) is -7.18. The number of hydrogen-bond donors (Lipinski definition) is 0. The van der Waals surface area contributed by atoms with E-state index in [4.69, 9.17) is 52.1 Å². The first-order valence-corrected chi connectivity index (χ1v) is 21.1. The lowest BCUT2D eigenvalue weighted by molar-refractivity contribution is -0.357. The Morgan fingerprint density at radius 3 is 1.54 bits per heavy atom. The Morgan fingerprint density at radius 1 is 0.569 bits per heavy atom. The number of allylic oxidation sites excluding steroid dienone is 9. The molecule has 3 rings (SSSR count). The third-order valence-electron chi connectivity index (χ3n) is 10.2. The first-order chi connectivity index (χ1) is 30.4. The SMILES string of the molecule is CC(=O)OC[C@H]1O[C@@H](O[C@H]2[C@H](OC(C)=O)[C@@H](OC(C)=O)[C@H](OC(=O)\C=C(C)/C=C/C=C(C)/C=C/C3=C(C)CCCC3(C)C)O[C@@H]2COC(C)=O)[C@H](OC(C)=O)[C@@H](OC(C)=O)[C@H]1OC(C)=O. The molecule has 0 aromatic heterocycles. The summed E-state index contributed by atoms with van der Waals surface area (Å²) in [5, 5.41) is 0. The van der Waals surface area contributed by atoms with Gasteiger partial charge in [0.1, 0.15) is 31.5 Å². The number of ether oxygens (including phenoxy) is 11. The molecule has 0 N–H and O–H groups in total. The largest absolute Gasteiger partial charge is 0.463 e. The predicted molar refractivity (Wildman–Crippen MR) is 225 cm³/mol. The van der Waals surface area contributed by atoms with Crippen LogP contribution >= 0.6 is 0 Å². The molecule has 19 heteroatoms. The zero-order chi connectivity index (χ0) is 48.8. The Kier molecular flexibility index (Phi) is 20.3. The molecule has 0 amide bonds. The Balaban J connectivity index is 2.04. The zero-order valence-corrected chi connectivity index (χ0v) is 39.0. The van der Waals surface area contributed by atoms with Gasteiger partial charge in [-0.1, -0.05) is 55.4 Å². The van der Waals surface area contributed by atoms with Crippen molar-refractivity contribution in [2.24, 2.45) is 5.41 Å². The molecule has 10 atom stereocenters. The van der Waals surface area contributed by atoms with Crippen LogP contribution in [0, 0.1) is 5.41 Å². The molecule has 2 aliphatic heterocycles. The lowest BCUT2D eigenvalue weighted by Gasteiger charge is -2.48. The molecule has 0 unspecified atom stereocenters. The van der Waals surface area contributed by atoms with E-state index in [0.717, 1.165) is 79.4 Å². The minimum atomic E-state index is -1.87. The molecule has 0 saturated carbocycles. The Hall–Kier alpha value is -5.66. The van der Waals surface area contributed by atoms with Crippen molar-refractivity contribution in [3.8, 4) is 0 Å². The molecule has 1 aliphatic carbocycles. The maximum absolute atomic E-state index is 13.5. The van der Waals surface area contributed by atoms with Gasteiger partial charge in [-0.05, 0) is 56.6 Å². The van der Waals surface area contributed by atoms with Gasteiger partial charge in [0.15, 0.2) is 30.7 Å². The van der Waals surface area contributed by atoms with E-state index in [0.29, 0.717) is 5.57 Å².